The number of carbonyl (C=O) groups is 1. The van der Waals surface area contributed by atoms with E-state index >= 15 is 0 Å². The minimum Gasteiger partial charge on any atom is -0.485 e. The highest BCUT2D eigenvalue weighted by molar-refractivity contribution is 6.31. The fraction of sp³-hybridized carbons (Fsp3) is 0.444. The van der Waals surface area contributed by atoms with Crippen LogP contribution in [0.2, 0.25) is 5.02 Å². The number of esters is 1. The molecule has 0 aliphatic rings. The van der Waals surface area contributed by atoms with Crippen LogP contribution in [0.25, 0.3) is 0 Å². The number of halogens is 2. The third-order valence-corrected chi connectivity index (χ3v) is 3.81. The van der Waals surface area contributed by atoms with Crippen LogP contribution < -0.4 is 10.3 Å². The molecular weight excluding hydrogens is 377 g/mol. The molecule has 0 aliphatic heterocycles. The molecule has 2 rings (SSSR count). The first-order valence-electron chi connectivity index (χ1n) is 8.33. The average Bonchev–Trinajstić information content (AvgIpc) is 2.62. The van der Waals surface area contributed by atoms with Gasteiger partial charge in [-0.3, -0.25) is 9.18 Å². The number of rotatable bonds is 7. The first kappa shape index (κ1) is 20.8. The molecule has 0 N–H and O–H groups in total. The molecule has 0 bridgehead atoms. The molecule has 2 aromatic rings. The van der Waals surface area contributed by atoms with Gasteiger partial charge in [0, 0.05) is 18.2 Å². The van der Waals surface area contributed by atoms with Crippen molar-refractivity contribution in [1.29, 1.82) is 0 Å². The van der Waals surface area contributed by atoms with Crippen LogP contribution in [0.4, 0.5) is 4.39 Å². The summed E-state index contributed by atoms with van der Waals surface area (Å²) in [4.78, 5) is 28.0. The molecular formula is C18H21ClFN3O4. The van der Waals surface area contributed by atoms with Crippen molar-refractivity contribution in [3.8, 4) is 5.75 Å². The van der Waals surface area contributed by atoms with Gasteiger partial charge in [0.2, 0.25) is 0 Å². The van der Waals surface area contributed by atoms with Crippen LogP contribution in [-0.4, -0.2) is 34.0 Å². The lowest BCUT2D eigenvalue weighted by atomic mass is 10.1. The van der Waals surface area contributed by atoms with Gasteiger partial charge in [0.05, 0.1) is 25.0 Å². The molecule has 2 aromatic heterocycles. The monoisotopic (exact) mass is 397 g/mol. The predicted octanol–water partition coefficient (Wildman–Crippen LogP) is 3.14. The van der Waals surface area contributed by atoms with E-state index in [0.717, 1.165) is 0 Å². The van der Waals surface area contributed by atoms with E-state index in [-0.39, 0.29) is 36.1 Å². The summed E-state index contributed by atoms with van der Waals surface area (Å²) >= 11 is 6.10. The molecule has 0 fully saturated rings. The molecule has 0 saturated heterocycles. The van der Waals surface area contributed by atoms with Gasteiger partial charge in [0.15, 0.2) is 10.8 Å². The first-order valence-corrected chi connectivity index (χ1v) is 8.71. The number of pyridine rings is 1. The van der Waals surface area contributed by atoms with E-state index < -0.39 is 23.7 Å². The maximum atomic E-state index is 12.3. The third-order valence-electron chi connectivity index (χ3n) is 3.46. The lowest BCUT2D eigenvalue weighted by molar-refractivity contribution is 0.0487. The minimum absolute atomic E-state index is 0.00742. The van der Waals surface area contributed by atoms with Crippen molar-refractivity contribution in [3.05, 3.63) is 51.2 Å². The van der Waals surface area contributed by atoms with E-state index in [1.807, 2.05) is 20.8 Å². The summed E-state index contributed by atoms with van der Waals surface area (Å²) in [6.07, 6.45) is 2.99. The molecule has 146 valence electrons. The SMILES string of the molecule is CC(C)(C)n1ncc(OCc2ccc(C(=O)OCCCF)nc2)c(Cl)c1=O. The maximum absolute atomic E-state index is 12.3. The second kappa shape index (κ2) is 8.94. The zero-order valence-electron chi connectivity index (χ0n) is 15.4. The highest BCUT2D eigenvalue weighted by atomic mass is 35.5. The van der Waals surface area contributed by atoms with Crippen LogP contribution in [0.15, 0.2) is 29.3 Å². The van der Waals surface area contributed by atoms with Crippen LogP contribution in [-0.2, 0) is 16.9 Å². The summed E-state index contributed by atoms with van der Waals surface area (Å²) in [5, 5.41) is 4.03. The van der Waals surface area contributed by atoms with E-state index in [4.69, 9.17) is 21.1 Å². The van der Waals surface area contributed by atoms with Crippen LogP contribution in [0.1, 0.15) is 43.2 Å². The molecule has 0 saturated carbocycles. The van der Waals surface area contributed by atoms with Gasteiger partial charge in [0.1, 0.15) is 12.3 Å². The summed E-state index contributed by atoms with van der Waals surface area (Å²) < 4.78 is 23.7. The Labute approximate surface area is 161 Å². The number of nitrogens with zero attached hydrogens (tertiary/aromatic N) is 3. The molecule has 27 heavy (non-hydrogen) atoms. The van der Waals surface area contributed by atoms with Crippen LogP contribution in [0.3, 0.4) is 0 Å². The van der Waals surface area contributed by atoms with E-state index in [1.165, 1.54) is 23.1 Å². The molecule has 7 nitrogen and oxygen atoms in total. The first-order chi connectivity index (χ1) is 12.7. The van der Waals surface area contributed by atoms with Crippen molar-refractivity contribution in [2.75, 3.05) is 13.3 Å². The number of aromatic nitrogens is 3. The zero-order chi connectivity index (χ0) is 20.0. The second-order valence-electron chi connectivity index (χ2n) is 6.73. The number of carbonyl (C=O) groups excluding carboxylic acids is 1. The quantitative estimate of drug-likeness (QED) is 0.527. The van der Waals surface area contributed by atoms with Crippen molar-refractivity contribution in [2.24, 2.45) is 0 Å². The summed E-state index contributed by atoms with van der Waals surface area (Å²) in [5.41, 5.74) is -0.166. The Morgan fingerprint density at radius 1 is 1.30 bits per heavy atom. The molecule has 0 aromatic carbocycles. The van der Waals surface area contributed by atoms with E-state index in [0.29, 0.717) is 5.56 Å². The van der Waals surface area contributed by atoms with Gasteiger partial charge in [-0.25, -0.2) is 14.5 Å². The van der Waals surface area contributed by atoms with E-state index in [1.54, 1.807) is 6.07 Å². The van der Waals surface area contributed by atoms with Gasteiger partial charge in [-0.05, 0) is 26.8 Å². The largest absolute Gasteiger partial charge is 0.485 e. The van der Waals surface area contributed by atoms with Gasteiger partial charge < -0.3 is 9.47 Å². The summed E-state index contributed by atoms with van der Waals surface area (Å²) in [6.45, 7) is 5.07. The number of hydrogen-bond acceptors (Lipinski definition) is 6. The molecule has 0 aliphatic carbocycles. The Morgan fingerprint density at radius 2 is 2.04 bits per heavy atom. The Morgan fingerprint density at radius 3 is 2.63 bits per heavy atom. The van der Waals surface area contributed by atoms with Gasteiger partial charge in [-0.15, -0.1) is 0 Å². The molecule has 0 unspecified atom stereocenters. The van der Waals surface area contributed by atoms with Gasteiger partial charge >= 0.3 is 5.97 Å². The summed E-state index contributed by atoms with van der Waals surface area (Å²) in [6, 6.07) is 3.12. The molecule has 9 heteroatoms. The van der Waals surface area contributed by atoms with E-state index in [9.17, 15) is 14.0 Å². The van der Waals surface area contributed by atoms with Crippen LogP contribution in [0, 0.1) is 0 Å². The van der Waals surface area contributed by atoms with Crippen molar-refractivity contribution in [2.45, 2.75) is 39.3 Å². The van der Waals surface area contributed by atoms with Crippen molar-refractivity contribution in [1.82, 2.24) is 14.8 Å². The standard InChI is InChI=1S/C18H21ClFN3O4/c1-18(2,3)23-16(24)15(19)14(10-22-23)27-11-12-5-6-13(21-9-12)17(25)26-8-4-7-20/h5-6,9-10H,4,7-8,11H2,1-3H3. The van der Waals surface area contributed by atoms with E-state index in [2.05, 4.69) is 10.1 Å². The Kier molecular flexibility index (Phi) is 6.90. The zero-order valence-corrected chi connectivity index (χ0v) is 16.1. The molecule has 0 spiro atoms. The minimum atomic E-state index is -0.617. The van der Waals surface area contributed by atoms with Crippen molar-refractivity contribution >= 4 is 17.6 Å². The fourth-order valence-corrected chi connectivity index (χ4v) is 2.26. The Hall–Kier alpha value is -2.48. The Bertz CT molecular complexity index is 847. The summed E-state index contributed by atoms with van der Waals surface area (Å²) in [5.74, 6) is -0.453. The average molecular weight is 398 g/mol. The second-order valence-corrected chi connectivity index (χ2v) is 7.11. The summed E-state index contributed by atoms with van der Waals surface area (Å²) in [7, 11) is 0. The third kappa shape index (κ3) is 5.50. The van der Waals surface area contributed by atoms with Crippen molar-refractivity contribution < 1.29 is 18.7 Å². The lowest BCUT2D eigenvalue weighted by Gasteiger charge is -2.21. The highest BCUT2D eigenvalue weighted by Gasteiger charge is 2.20. The van der Waals surface area contributed by atoms with Crippen LogP contribution >= 0.6 is 11.6 Å². The van der Waals surface area contributed by atoms with Gasteiger partial charge in [0.25, 0.3) is 5.56 Å². The highest BCUT2D eigenvalue weighted by Crippen LogP contribution is 2.21. The number of ether oxygens (including phenoxy) is 2. The molecule has 2 heterocycles. The molecule has 0 atom stereocenters. The fourth-order valence-electron chi connectivity index (χ4n) is 2.08. The molecule has 0 radical (unpaired) electrons. The predicted molar refractivity (Wildman–Crippen MR) is 97.9 cm³/mol. The van der Waals surface area contributed by atoms with Crippen molar-refractivity contribution in [3.63, 3.8) is 0 Å². The smallest absolute Gasteiger partial charge is 0.356 e. The van der Waals surface area contributed by atoms with Crippen LogP contribution in [0.5, 0.6) is 5.75 Å². The Balaban J connectivity index is 2.02. The van der Waals surface area contributed by atoms with Gasteiger partial charge in [-0.1, -0.05) is 17.7 Å². The normalized spacial score (nSPS) is 11.3. The maximum Gasteiger partial charge on any atom is 0.356 e. The van der Waals surface area contributed by atoms with Gasteiger partial charge in [-0.2, -0.15) is 5.10 Å². The lowest BCUT2D eigenvalue weighted by Crippen LogP contribution is -2.36. The topological polar surface area (TPSA) is 83.3 Å². The molecule has 0 amide bonds. The number of hydrogen-bond donors (Lipinski definition) is 0. The number of alkyl halides is 1.